The molecule has 1 aromatic carbocycles. The van der Waals surface area contributed by atoms with Crippen molar-refractivity contribution in [2.24, 2.45) is 5.73 Å². The van der Waals surface area contributed by atoms with Crippen LogP contribution in [-0.2, 0) is 6.42 Å². The van der Waals surface area contributed by atoms with Gasteiger partial charge in [0.15, 0.2) is 0 Å². The molecule has 2 aromatic rings. The van der Waals surface area contributed by atoms with Crippen molar-refractivity contribution >= 4 is 11.3 Å². The van der Waals surface area contributed by atoms with Crippen LogP contribution in [0.25, 0.3) is 0 Å². The third-order valence-corrected chi connectivity index (χ3v) is 4.05. The van der Waals surface area contributed by atoms with Crippen LogP contribution >= 0.6 is 11.3 Å². The normalized spacial score (nSPS) is 12.6. The van der Waals surface area contributed by atoms with Gasteiger partial charge in [0.05, 0.1) is 0 Å². The van der Waals surface area contributed by atoms with Crippen molar-refractivity contribution in [2.75, 3.05) is 0 Å². The van der Waals surface area contributed by atoms with E-state index in [2.05, 4.69) is 49.6 Å². The molecule has 0 radical (unpaired) electrons. The molecular weight excluding hydrogens is 226 g/mol. The van der Waals surface area contributed by atoms with E-state index in [1.165, 1.54) is 21.6 Å². The third-order valence-electron chi connectivity index (χ3n) is 3.12. The van der Waals surface area contributed by atoms with Crippen molar-refractivity contribution in [1.29, 1.82) is 0 Å². The van der Waals surface area contributed by atoms with Gasteiger partial charge in [-0.25, -0.2) is 0 Å². The molecule has 0 bridgehead atoms. The monoisotopic (exact) mass is 245 g/mol. The van der Waals surface area contributed by atoms with Crippen molar-refractivity contribution in [3.63, 3.8) is 0 Å². The topological polar surface area (TPSA) is 26.0 Å². The van der Waals surface area contributed by atoms with Crippen molar-refractivity contribution < 1.29 is 0 Å². The minimum Gasteiger partial charge on any atom is -0.324 e. The number of benzene rings is 1. The molecule has 2 N–H and O–H groups in total. The quantitative estimate of drug-likeness (QED) is 0.865. The van der Waals surface area contributed by atoms with Gasteiger partial charge >= 0.3 is 0 Å². The lowest BCUT2D eigenvalue weighted by atomic mass is 9.96. The smallest absolute Gasteiger partial charge is 0.0301 e. The first-order chi connectivity index (χ1) is 8.16. The van der Waals surface area contributed by atoms with Crippen molar-refractivity contribution in [3.05, 3.63) is 57.3 Å². The van der Waals surface area contributed by atoms with E-state index in [-0.39, 0.29) is 6.04 Å². The molecular formula is C15H19NS. The summed E-state index contributed by atoms with van der Waals surface area (Å²) >= 11 is 1.81. The lowest BCUT2D eigenvalue weighted by Gasteiger charge is -2.15. The number of rotatable bonds is 4. The zero-order valence-electron chi connectivity index (χ0n) is 10.4. The number of hydrogen-bond acceptors (Lipinski definition) is 2. The Morgan fingerprint density at radius 1 is 1.24 bits per heavy atom. The minimum absolute atomic E-state index is 0.150. The SMILES string of the molecule is Cc1ccc(C)c(C(N)CCc2cccs2)c1. The lowest BCUT2D eigenvalue weighted by molar-refractivity contribution is 0.651. The fourth-order valence-electron chi connectivity index (χ4n) is 2.07. The fraction of sp³-hybridized carbons (Fsp3) is 0.333. The number of thiophene rings is 1. The first-order valence-corrected chi connectivity index (χ1v) is 6.90. The molecule has 2 rings (SSSR count). The summed E-state index contributed by atoms with van der Waals surface area (Å²) in [5, 5.41) is 2.12. The summed E-state index contributed by atoms with van der Waals surface area (Å²) in [6.45, 7) is 4.26. The van der Waals surface area contributed by atoms with Gasteiger partial charge in [0.25, 0.3) is 0 Å². The van der Waals surface area contributed by atoms with E-state index >= 15 is 0 Å². The van der Waals surface area contributed by atoms with Gasteiger partial charge in [-0.3, -0.25) is 0 Å². The van der Waals surface area contributed by atoms with Gasteiger partial charge in [-0.2, -0.15) is 0 Å². The summed E-state index contributed by atoms with van der Waals surface area (Å²) in [7, 11) is 0. The Morgan fingerprint density at radius 3 is 2.76 bits per heavy atom. The summed E-state index contributed by atoms with van der Waals surface area (Å²) in [4.78, 5) is 1.42. The van der Waals surface area contributed by atoms with E-state index in [0.717, 1.165) is 12.8 Å². The molecule has 0 aliphatic heterocycles. The largest absolute Gasteiger partial charge is 0.324 e. The van der Waals surface area contributed by atoms with Crippen LogP contribution < -0.4 is 5.73 Å². The van der Waals surface area contributed by atoms with Crippen LogP contribution in [-0.4, -0.2) is 0 Å². The predicted molar refractivity (Wildman–Crippen MR) is 75.5 cm³/mol. The molecule has 0 fully saturated rings. The summed E-state index contributed by atoms with van der Waals surface area (Å²) < 4.78 is 0. The average molecular weight is 245 g/mol. The summed E-state index contributed by atoms with van der Waals surface area (Å²) in [6.07, 6.45) is 2.09. The van der Waals surface area contributed by atoms with Crippen molar-refractivity contribution in [2.45, 2.75) is 32.7 Å². The highest BCUT2D eigenvalue weighted by Crippen LogP contribution is 2.22. The van der Waals surface area contributed by atoms with E-state index in [1.54, 1.807) is 0 Å². The molecule has 17 heavy (non-hydrogen) atoms. The molecule has 1 aromatic heterocycles. The summed E-state index contributed by atoms with van der Waals surface area (Å²) in [5.74, 6) is 0. The molecule has 1 atom stereocenters. The van der Waals surface area contributed by atoms with Crippen molar-refractivity contribution in [1.82, 2.24) is 0 Å². The van der Waals surface area contributed by atoms with Crippen LogP contribution in [0.2, 0.25) is 0 Å². The van der Waals surface area contributed by atoms with Gasteiger partial charge in [0.2, 0.25) is 0 Å². The zero-order chi connectivity index (χ0) is 12.3. The maximum absolute atomic E-state index is 6.29. The summed E-state index contributed by atoms with van der Waals surface area (Å²) in [5.41, 5.74) is 10.2. The van der Waals surface area contributed by atoms with Crippen LogP contribution in [0.4, 0.5) is 0 Å². The average Bonchev–Trinajstić information content (AvgIpc) is 2.82. The molecule has 0 amide bonds. The van der Waals surface area contributed by atoms with Gasteiger partial charge in [-0.05, 0) is 49.3 Å². The lowest BCUT2D eigenvalue weighted by Crippen LogP contribution is -2.12. The van der Waals surface area contributed by atoms with E-state index in [4.69, 9.17) is 5.73 Å². The maximum Gasteiger partial charge on any atom is 0.0301 e. The van der Waals surface area contributed by atoms with E-state index in [1.807, 2.05) is 11.3 Å². The van der Waals surface area contributed by atoms with Crippen LogP contribution in [0.5, 0.6) is 0 Å². The number of nitrogens with two attached hydrogens (primary N) is 1. The molecule has 1 heterocycles. The Bertz CT molecular complexity index is 474. The Balaban J connectivity index is 2.04. The first-order valence-electron chi connectivity index (χ1n) is 6.02. The second-order valence-electron chi connectivity index (χ2n) is 4.58. The van der Waals surface area contributed by atoms with Gasteiger partial charge in [-0.1, -0.05) is 29.8 Å². The van der Waals surface area contributed by atoms with E-state index in [9.17, 15) is 0 Å². The zero-order valence-corrected chi connectivity index (χ0v) is 11.3. The Hall–Kier alpha value is -1.12. The Morgan fingerprint density at radius 2 is 2.06 bits per heavy atom. The molecule has 2 heteroatoms. The van der Waals surface area contributed by atoms with E-state index in [0.29, 0.717) is 0 Å². The minimum atomic E-state index is 0.150. The molecule has 1 unspecified atom stereocenters. The molecule has 0 aliphatic rings. The standard InChI is InChI=1S/C15H19NS/c1-11-5-6-12(2)14(10-11)15(16)8-7-13-4-3-9-17-13/h3-6,9-10,15H,7-8,16H2,1-2H3. The van der Waals surface area contributed by atoms with E-state index < -0.39 is 0 Å². The van der Waals surface area contributed by atoms with Crippen LogP contribution in [0.15, 0.2) is 35.7 Å². The molecule has 1 nitrogen and oxygen atoms in total. The first kappa shape index (κ1) is 12.3. The molecule has 0 saturated carbocycles. The summed E-state index contributed by atoms with van der Waals surface area (Å²) in [6, 6.07) is 11.0. The fourth-order valence-corrected chi connectivity index (χ4v) is 2.79. The van der Waals surface area contributed by atoms with Crippen LogP contribution in [0, 0.1) is 13.8 Å². The second kappa shape index (κ2) is 5.48. The highest BCUT2D eigenvalue weighted by atomic mass is 32.1. The third kappa shape index (κ3) is 3.18. The second-order valence-corrected chi connectivity index (χ2v) is 5.62. The van der Waals surface area contributed by atoms with Gasteiger partial charge in [0.1, 0.15) is 0 Å². The molecule has 0 aliphatic carbocycles. The number of aryl methyl sites for hydroxylation is 3. The molecule has 90 valence electrons. The van der Waals surface area contributed by atoms with Gasteiger partial charge in [-0.15, -0.1) is 11.3 Å². The predicted octanol–water partition coefficient (Wildman–Crippen LogP) is 4.00. The highest BCUT2D eigenvalue weighted by molar-refractivity contribution is 7.09. The Kier molecular flexibility index (Phi) is 3.97. The van der Waals surface area contributed by atoms with Crippen LogP contribution in [0.1, 0.15) is 34.0 Å². The number of hydrogen-bond donors (Lipinski definition) is 1. The highest BCUT2D eigenvalue weighted by Gasteiger charge is 2.09. The Labute approximate surface area is 107 Å². The molecule has 0 spiro atoms. The maximum atomic E-state index is 6.29. The van der Waals surface area contributed by atoms with Gasteiger partial charge < -0.3 is 5.73 Å². The van der Waals surface area contributed by atoms with Crippen LogP contribution in [0.3, 0.4) is 0 Å². The molecule has 0 saturated heterocycles. The van der Waals surface area contributed by atoms with Gasteiger partial charge in [0, 0.05) is 10.9 Å². The van der Waals surface area contributed by atoms with Crippen molar-refractivity contribution in [3.8, 4) is 0 Å².